The molecule has 0 aliphatic rings. The highest BCUT2D eigenvalue weighted by Crippen LogP contribution is 2.26. The van der Waals surface area contributed by atoms with Gasteiger partial charge in [-0.2, -0.15) is 0 Å². The number of thioether (sulfide) groups is 1. The second-order valence-electron chi connectivity index (χ2n) is 5.31. The lowest BCUT2D eigenvalue weighted by Crippen LogP contribution is -2.05. The molecule has 0 bridgehead atoms. The highest BCUT2D eigenvalue weighted by molar-refractivity contribution is 7.98. The van der Waals surface area contributed by atoms with Gasteiger partial charge in [-0.05, 0) is 31.2 Å². The van der Waals surface area contributed by atoms with Crippen molar-refractivity contribution in [2.45, 2.75) is 38.2 Å². The molecule has 3 aromatic rings. The lowest BCUT2D eigenvalue weighted by atomic mass is 10.2. The van der Waals surface area contributed by atoms with Crippen molar-refractivity contribution in [1.82, 2.24) is 25.0 Å². The van der Waals surface area contributed by atoms with Gasteiger partial charge in [-0.3, -0.25) is 4.79 Å². The van der Waals surface area contributed by atoms with Crippen molar-refractivity contribution in [1.29, 1.82) is 0 Å². The lowest BCUT2D eigenvalue weighted by Gasteiger charge is -2.07. The summed E-state index contributed by atoms with van der Waals surface area (Å²) >= 11 is 1.50. The number of aromatic nitrogens is 5. The van der Waals surface area contributed by atoms with Gasteiger partial charge in [0, 0.05) is 31.6 Å². The van der Waals surface area contributed by atoms with Crippen molar-refractivity contribution in [2.75, 3.05) is 5.32 Å². The number of amides is 1. The molecule has 0 fully saturated rings. The van der Waals surface area contributed by atoms with Gasteiger partial charge in [0.2, 0.25) is 17.7 Å². The summed E-state index contributed by atoms with van der Waals surface area (Å²) in [5, 5.41) is 19.9. The van der Waals surface area contributed by atoms with E-state index in [1.165, 1.54) is 18.7 Å². The van der Waals surface area contributed by atoms with E-state index in [9.17, 15) is 4.79 Å². The Labute approximate surface area is 149 Å². The summed E-state index contributed by atoms with van der Waals surface area (Å²) in [4.78, 5) is 11.1. The van der Waals surface area contributed by atoms with Crippen LogP contribution in [0, 0.1) is 6.92 Å². The topological polar surface area (TPSA) is 98.7 Å². The molecule has 1 amide bonds. The minimum atomic E-state index is -0.0978. The molecule has 0 aliphatic heterocycles. The van der Waals surface area contributed by atoms with Crippen molar-refractivity contribution in [3.63, 3.8) is 0 Å². The standard InChI is InChI=1S/C16H18N6O2S/c1-4-22-15(12-5-7-13(8-6-12)17-10(2)23)20-21-16(22)25-9-14-19-18-11(3)24-14/h5-8H,4,9H2,1-3H3,(H,17,23). The van der Waals surface area contributed by atoms with E-state index in [1.54, 1.807) is 6.92 Å². The molecular weight excluding hydrogens is 340 g/mol. The van der Waals surface area contributed by atoms with Crippen molar-refractivity contribution >= 4 is 23.4 Å². The number of nitrogens with one attached hydrogen (secondary N) is 1. The molecule has 0 atom stereocenters. The molecule has 130 valence electrons. The zero-order valence-electron chi connectivity index (χ0n) is 14.2. The molecule has 0 unspecified atom stereocenters. The quantitative estimate of drug-likeness (QED) is 0.676. The van der Waals surface area contributed by atoms with Crippen LogP contribution in [0.25, 0.3) is 11.4 Å². The monoisotopic (exact) mass is 358 g/mol. The van der Waals surface area contributed by atoms with Crippen LogP contribution in [-0.2, 0) is 17.1 Å². The summed E-state index contributed by atoms with van der Waals surface area (Å²) in [6.45, 7) is 6.02. The molecule has 0 radical (unpaired) electrons. The zero-order valence-corrected chi connectivity index (χ0v) is 15.0. The predicted molar refractivity (Wildman–Crippen MR) is 94.0 cm³/mol. The summed E-state index contributed by atoms with van der Waals surface area (Å²) in [7, 11) is 0. The van der Waals surface area contributed by atoms with Crippen LogP contribution in [0.2, 0.25) is 0 Å². The van der Waals surface area contributed by atoms with Crippen LogP contribution in [0.1, 0.15) is 25.6 Å². The van der Waals surface area contributed by atoms with E-state index in [4.69, 9.17) is 4.42 Å². The Kier molecular flexibility index (Phi) is 5.13. The fourth-order valence-electron chi connectivity index (χ4n) is 2.32. The molecule has 0 spiro atoms. The van der Waals surface area contributed by atoms with Gasteiger partial charge in [0.1, 0.15) is 0 Å². The Morgan fingerprint density at radius 1 is 1.20 bits per heavy atom. The van der Waals surface area contributed by atoms with E-state index in [2.05, 4.69) is 25.7 Å². The normalized spacial score (nSPS) is 10.8. The average Bonchev–Trinajstić information content (AvgIpc) is 3.18. The summed E-state index contributed by atoms with van der Waals surface area (Å²) in [5.74, 6) is 2.34. The number of nitrogens with zero attached hydrogens (tertiary/aromatic N) is 5. The van der Waals surface area contributed by atoms with Crippen LogP contribution in [0.4, 0.5) is 5.69 Å². The Morgan fingerprint density at radius 3 is 2.56 bits per heavy atom. The Balaban J connectivity index is 1.78. The van der Waals surface area contributed by atoms with E-state index in [0.29, 0.717) is 17.5 Å². The molecule has 1 N–H and O–H groups in total. The zero-order chi connectivity index (χ0) is 17.8. The summed E-state index contributed by atoms with van der Waals surface area (Å²) in [6, 6.07) is 7.52. The van der Waals surface area contributed by atoms with Crippen molar-refractivity contribution in [3.8, 4) is 11.4 Å². The number of carbonyl (C=O) groups is 1. The Hall–Kier alpha value is -2.68. The fourth-order valence-corrected chi connectivity index (χ4v) is 3.16. The number of hydrogen-bond donors (Lipinski definition) is 1. The molecule has 0 saturated carbocycles. The van der Waals surface area contributed by atoms with E-state index >= 15 is 0 Å². The molecule has 9 heteroatoms. The first-order valence-corrected chi connectivity index (χ1v) is 8.78. The van der Waals surface area contributed by atoms with Crippen molar-refractivity contribution < 1.29 is 9.21 Å². The molecule has 2 heterocycles. The first-order chi connectivity index (χ1) is 12.1. The van der Waals surface area contributed by atoms with E-state index in [0.717, 1.165) is 28.8 Å². The average molecular weight is 358 g/mol. The summed E-state index contributed by atoms with van der Waals surface area (Å²) in [5.41, 5.74) is 1.68. The molecule has 8 nitrogen and oxygen atoms in total. The lowest BCUT2D eigenvalue weighted by molar-refractivity contribution is -0.114. The SMILES string of the molecule is CCn1c(SCc2nnc(C)o2)nnc1-c1ccc(NC(C)=O)cc1. The first kappa shape index (κ1) is 17.2. The third-order valence-corrected chi connectivity index (χ3v) is 4.34. The maximum atomic E-state index is 11.1. The third-order valence-electron chi connectivity index (χ3n) is 3.39. The van der Waals surface area contributed by atoms with Gasteiger partial charge in [-0.1, -0.05) is 11.8 Å². The number of hydrogen-bond acceptors (Lipinski definition) is 7. The highest BCUT2D eigenvalue weighted by Gasteiger charge is 2.14. The Bertz CT molecular complexity index is 871. The van der Waals surface area contributed by atoms with Gasteiger partial charge < -0.3 is 14.3 Å². The molecular formula is C16H18N6O2S. The largest absolute Gasteiger partial charge is 0.425 e. The number of rotatable bonds is 6. The van der Waals surface area contributed by atoms with Gasteiger partial charge in [-0.25, -0.2) is 0 Å². The van der Waals surface area contributed by atoms with Gasteiger partial charge >= 0.3 is 0 Å². The van der Waals surface area contributed by atoms with E-state index in [-0.39, 0.29) is 5.91 Å². The van der Waals surface area contributed by atoms with Crippen LogP contribution in [0.3, 0.4) is 0 Å². The van der Waals surface area contributed by atoms with E-state index < -0.39 is 0 Å². The fraction of sp³-hybridized carbons (Fsp3) is 0.312. The maximum absolute atomic E-state index is 11.1. The third kappa shape index (κ3) is 4.05. The minimum Gasteiger partial charge on any atom is -0.425 e. The summed E-state index contributed by atoms with van der Waals surface area (Å²) < 4.78 is 7.41. The molecule has 0 aliphatic carbocycles. The van der Waals surface area contributed by atoms with Crippen LogP contribution < -0.4 is 5.32 Å². The van der Waals surface area contributed by atoms with Crippen molar-refractivity contribution in [3.05, 3.63) is 36.0 Å². The van der Waals surface area contributed by atoms with Gasteiger partial charge in [-0.15, -0.1) is 20.4 Å². The van der Waals surface area contributed by atoms with E-state index in [1.807, 2.05) is 35.8 Å². The second kappa shape index (κ2) is 7.47. The van der Waals surface area contributed by atoms with Crippen LogP contribution in [0.5, 0.6) is 0 Å². The maximum Gasteiger partial charge on any atom is 0.226 e. The molecule has 1 aromatic carbocycles. The number of aryl methyl sites for hydroxylation is 1. The minimum absolute atomic E-state index is 0.0978. The smallest absolute Gasteiger partial charge is 0.226 e. The molecule has 2 aromatic heterocycles. The van der Waals surface area contributed by atoms with Gasteiger partial charge in [0.05, 0.1) is 5.75 Å². The van der Waals surface area contributed by atoms with Crippen molar-refractivity contribution in [2.24, 2.45) is 0 Å². The molecule has 3 rings (SSSR count). The molecule has 25 heavy (non-hydrogen) atoms. The van der Waals surface area contributed by atoms with Gasteiger partial charge in [0.15, 0.2) is 11.0 Å². The van der Waals surface area contributed by atoms with Gasteiger partial charge in [0.25, 0.3) is 0 Å². The number of carbonyl (C=O) groups excluding carboxylic acids is 1. The highest BCUT2D eigenvalue weighted by atomic mass is 32.2. The number of anilines is 1. The predicted octanol–water partition coefficient (Wildman–Crippen LogP) is 2.91. The van der Waals surface area contributed by atoms with Crippen LogP contribution in [0.15, 0.2) is 33.8 Å². The number of benzene rings is 1. The van der Waals surface area contributed by atoms with Crippen LogP contribution in [-0.4, -0.2) is 30.9 Å². The van der Waals surface area contributed by atoms with Crippen LogP contribution >= 0.6 is 11.8 Å². The first-order valence-electron chi connectivity index (χ1n) is 7.80. The second-order valence-corrected chi connectivity index (χ2v) is 6.25. The summed E-state index contributed by atoms with van der Waals surface area (Å²) in [6.07, 6.45) is 0. The Morgan fingerprint density at radius 2 is 1.96 bits per heavy atom. The molecule has 0 saturated heterocycles.